The van der Waals surface area contributed by atoms with E-state index >= 15 is 0 Å². The molecule has 0 aliphatic heterocycles. The zero-order chi connectivity index (χ0) is 15.4. The van der Waals surface area contributed by atoms with E-state index in [4.69, 9.17) is 5.73 Å². The van der Waals surface area contributed by atoms with E-state index in [1.165, 1.54) is 25.1 Å². The van der Waals surface area contributed by atoms with Gasteiger partial charge in [-0.05, 0) is 36.4 Å². The molecule has 0 radical (unpaired) electrons. The Hall–Kier alpha value is -2.89. The van der Waals surface area contributed by atoms with Crippen LogP contribution in [0.4, 0.5) is 21.5 Å². The molecule has 0 aliphatic carbocycles. The predicted octanol–water partition coefficient (Wildman–Crippen LogP) is 2.62. The summed E-state index contributed by atoms with van der Waals surface area (Å²) in [5.74, 6) is -1.32. The Morgan fingerprint density at radius 1 is 1.00 bits per heavy atom. The third-order valence-corrected chi connectivity index (χ3v) is 2.76. The molecule has 2 rings (SSSR count). The molecule has 0 unspecified atom stereocenters. The molecule has 0 saturated carbocycles. The SMILES string of the molecule is CC(=O)Nc1ccc(NC(=O)c2cccc(F)c2N)cc1. The predicted molar refractivity (Wildman–Crippen MR) is 79.5 cm³/mol. The first-order valence-corrected chi connectivity index (χ1v) is 6.20. The van der Waals surface area contributed by atoms with Crippen molar-refractivity contribution in [3.8, 4) is 0 Å². The highest BCUT2D eigenvalue weighted by Crippen LogP contribution is 2.19. The maximum absolute atomic E-state index is 13.3. The fourth-order valence-corrected chi connectivity index (χ4v) is 1.77. The summed E-state index contributed by atoms with van der Waals surface area (Å²) in [5, 5.41) is 5.22. The van der Waals surface area contributed by atoms with Crippen molar-refractivity contribution in [1.82, 2.24) is 0 Å². The van der Waals surface area contributed by atoms with E-state index in [1.807, 2.05) is 0 Å². The zero-order valence-corrected chi connectivity index (χ0v) is 11.3. The van der Waals surface area contributed by atoms with Crippen LogP contribution in [0, 0.1) is 5.82 Å². The van der Waals surface area contributed by atoms with Gasteiger partial charge in [0.1, 0.15) is 5.82 Å². The number of hydrogen-bond acceptors (Lipinski definition) is 3. The lowest BCUT2D eigenvalue weighted by atomic mass is 10.1. The van der Waals surface area contributed by atoms with Crippen LogP contribution in [0.5, 0.6) is 0 Å². The first kappa shape index (κ1) is 14.5. The minimum atomic E-state index is -0.636. The van der Waals surface area contributed by atoms with E-state index in [0.29, 0.717) is 11.4 Å². The van der Waals surface area contributed by atoms with Gasteiger partial charge in [-0.3, -0.25) is 9.59 Å². The van der Waals surface area contributed by atoms with Crippen LogP contribution in [0.15, 0.2) is 42.5 Å². The van der Waals surface area contributed by atoms with Crippen molar-refractivity contribution in [1.29, 1.82) is 0 Å². The second-order valence-electron chi connectivity index (χ2n) is 4.41. The van der Waals surface area contributed by atoms with E-state index < -0.39 is 11.7 Å². The second kappa shape index (κ2) is 6.04. The van der Waals surface area contributed by atoms with Crippen molar-refractivity contribution in [2.75, 3.05) is 16.4 Å². The molecule has 2 aromatic rings. The van der Waals surface area contributed by atoms with Crippen LogP contribution in [0.25, 0.3) is 0 Å². The number of benzene rings is 2. The monoisotopic (exact) mass is 287 g/mol. The number of anilines is 3. The molecule has 4 N–H and O–H groups in total. The number of para-hydroxylation sites is 1. The van der Waals surface area contributed by atoms with Gasteiger partial charge in [0.05, 0.1) is 11.3 Å². The number of carbonyl (C=O) groups excluding carboxylic acids is 2. The molecule has 5 nitrogen and oxygen atoms in total. The van der Waals surface area contributed by atoms with Crippen LogP contribution < -0.4 is 16.4 Å². The third-order valence-electron chi connectivity index (χ3n) is 2.76. The molecule has 0 fully saturated rings. The summed E-state index contributed by atoms with van der Waals surface area (Å²) in [4.78, 5) is 22.9. The van der Waals surface area contributed by atoms with Gasteiger partial charge >= 0.3 is 0 Å². The minimum absolute atomic E-state index is 0.0703. The Kier molecular flexibility index (Phi) is 4.18. The van der Waals surface area contributed by atoms with E-state index in [1.54, 1.807) is 24.3 Å². The molecule has 0 heterocycles. The van der Waals surface area contributed by atoms with Crippen molar-refractivity contribution in [2.45, 2.75) is 6.92 Å². The van der Waals surface area contributed by atoms with Gasteiger partial charge in [-0.2, -0.15) is 0 Å². The van der Waals surface area contributed by atoms with Crippen LogP contribution in [-0.2, 0) is 4.79 Å². The largest absolute Gasteiger partial charge is 0.396 e. The van der Waals surface area contributed by atoms with Gasteiger partial charge < -0.3 is 16.4 Å². The second-order valence-corrected chi connectivity index (χ2v) is 4.41. The number of amides is 2. The Bertz CT molecular complexity index is 684. The van der Waals surface area contributed by atoms with E-state index in [2.05, 4.69) is 10.6 Å². The summed E-state index contributed by atoms with van der Waals surface area (Å²) in [7, 11) is 0. The lowest BCUT2D eigenvalue weighted by molar-refractivity contribution is -0.114. The Morgan fingerprint density at radius 3 is 2.14 bits per heavy atom. The molecule has 2 aromatic carbocycles. The molecular weight excluding hydrogens is 273 g/mol. The third kappa shape index (κ3) is 3.56. The van der Waals surface area contributed by atoms with Crippen molar-refractivity contribution in [3.63, 3.8) is 0 Å². The van der Waals surface area contributed by atoms with Crippen molar-refractivity contribution < 1.29 is 14.0 Å². The highest BCUT2D eigenvalue weighted by Gasteiger charge is 2.12. The van der Waals surface area contributed by atoms with Crippen molar-refractivity contribution >= 4 is 28.9 Å². The fraction of sp³-hybridized carbons (Fsp3) is 0.0667. The number of nitrogens with two attached hydrogens (primary N) is 1. The van der Waals surface area contributed by atoms with Gasteiger partial charge in [0, 0.05) is 18.3 Å². The number of hydrogen-bond donors (Lipinski definition) is 3. The average Bonchev–Trinajstić information content (AvgIpc) is 2.43. The number of nitrogens with one attached hydrogen (secondary N) is 2. The Morgan fingerprint density at radius 2 is 1.57 bits per heavy atom. The van der Waals surface area contributed by atoms with Crippen LogP contribution in [-0.4, -0.2) is 11.8 Å². The molecule has 108 valence electrons. The number of carbonyl (C=O) groups is 2. The summed E-state index contributed by atoms with van der Waals surface area (Å²) in [6.45, 7) is 1.41. The summed E-state index contributed by atoms with van der Waals surface area (Å²) in [6.07, 6.45) is 0. The van der Waals surface area contributed by atoms with Crippen LogP contribution in [0.3, 0.4) is 0 Å². The van der Waals surface area contributed by atoms with Crippen molar-refractivity contribution in [3.05, 3.63) is 53.8 Å². The maximum atomic E-state index is 13.3. The van der Waals surface area contributed by atoms with Gasteiger partial charge in [-0.15, -0.1) is 0 Å². The standard InChI is InChI=1S/C15H14FN3O2/c1-9(20)18-10-5-7-11(8-6-10)19-15(21)12-3-2-4-13(16)14(12)17/h2-8H,17H2,1H3,(H,18,20)(H,19,21). The zero-order valence-electron chi connectivity index (χ0n) is 11.3. The van der Waals surface area contributed by atoms with Crippen molar-refractivity contribution in [2.24, 2.45) is 0 Å². The van der Waals surface area contributed by atoms with Gasteiger partial charge in [0.2, 0.25) is 5.91 Å². The maximum Gasteiger partial charge on any atom is 0.257 e. The van der Waals surface area contributed by atoms with Crippen LogP contribution in [0.2, 0.25) is 0 Å². The fourth-order valence-electron chi connectivity index (χ4n) is 1.77. The molecule has 0 saturated heterocycles. The quantitative estimate of drug-likeness (QED) is 0.759. The topological polar surface area (TPSA) is 84.2 Å². The molecule has 0 aliphatic rings. The molecule has 2 amide bonds. The van der Waals surface area contributed by atoms with Gasteiger partial charge in [-0.25, -0.2) is 4.39 Å². The molecule has 21 heavy (non-hydrogen) atoms. The van der Waals surface area contributed by atoms with Gasteiger partial charge in [0.15, 0.2) is 0 Å². The molecule has 0 atom stereocenters. The van der Waals surface area contributed by atoms with E-state index in [9.17, 15) is 14.0 Å². The molecule has 0 aromatic heterocycles. The van der Waals surface area contributed by atoms with Crippen LogP contribution in [0.1, 0.15) is 17.3 Å². The lowest BCUT2D eigenvalue weighted by Crippen LogP contribution is -2.15. The molecule has 0 bridgehead atoms. The van der Waals surface area contributed by atoms with Gasteiger partial charge in [-0.1, -0.05) is 6.07 Å². The Balaban J connectivity index is 2.12. The molecule has 0 spiro atoms. The van der Waals surface area contributed by atoms with Gasteiger partial charge in [0.25, 0.3) is 5.91 Å². The normalized spacial score (nSPS) is 10.0. The first-order chi connectivity index (χ1) is 9.97. The number of halogens is 1. The Labute approximate surface area is 121 Å². The summed E-state index contributed by atoms with van der Waals surface area (Å²) >= 11 is 0. The van der Waals surface area contributed by atoms with E-state index in [0.717, 1.165) is 0 Å². The first-order valence-electron chi connectivity index (χ1n) is 6.20. The summed E-state index contributed by atoms with van der Waals surface area (Å²) in [6, 6.07) is 10.6. The van der Waals surface area contributed by atoms with Crippen LogP contribution >= 0.6 is 0 Å². The molecular formula is C15H14FN3O2. The number of rotatable bonds is 3. The highest BCUT2D eigenvalue weighted by molar-refractivity contribution is 6.07. The number of nitrogen functional groups attached to an aromatic ring is 1. The highest BCUT2D eigenvalue weighted by atomic mass is 19.1. The minimum Gasteiger partial charge on any atom is -0.396 e. The summed E-state index contributed by atoms with van der Waals surface area (Å²) < 4.78 is 13.3. The van der Waals surface area contributed by atoms with E-state index in [-0.39, 0.29) is 17.2 Å². The molecule has 6 heteroatoms. The smallest absolute Gasteiger partial charge is 0.257 e. The lowest BCUT2D eigenvalue weighted by Gasteiger charge is -2.09. The summed E-state index contributed by atoms with van der Waals surface area (Å²) in [5.41, 5.74) is 6.54. The average molecular weight is 287 g/mol.